The number of hydrogen-bond acceptors (Lipinski definition) is 5. The largest absolute Gasteiger partial charge is 0.480 e. The van der Waals surface area contributed by atoms with Crippen LogP contribution in [0, 0.1) is 0 Å². The maximum Gasteiger partial charge on any atom is 0.326 e. The van der Waals surface area contributed by atoms with Crippen molar-refractivity contribution in [3.8, 4) is 0 Å². The molecule has 1 heterocycles. The lowest BCUT2D eigenvalue weighted by molar-refractivity contribution is -0.139. The zero-order valence-electron chi connectivity index (χ0n) is 10.6. The van der Waals surface area contributed by atoms with Crippen LogP contribution in [0.4, 0.5) is 4.79 Å². The lowest BCUT2D eigenvalue weighted by atomic mass is 10.2. The minimum absolute atomic E-state index is 0.0360. The van der Waals surface area contributed by atoms with Crippen molar-refractivity contribution in [3.63, 3.8) is 0 Å². The molecule has 0 aromatic carbocycles. The van der Waals surface area contributed by atoms with E-state index in [1.54, 1.807) is 0 Å². The van der Waals surface area contributed by atoms with Crippen LogP contribution < -0.4 is 5.32 Å². The van der Waals surface area contributed by atoms with Crippen LogP contribution in [0.2, 0.25) is 0 Å². The summed E-state index contributed by atoms with van der Waals surface area (Å²) in [6, 6.07) is -2.27. The Balaban J connectivity index is 2.60. The van der Waals surface area contributed by atoms with E-state index in [2.05, 4.69) is 5.32 Å². The molecule has 19 heavy (non-hydrogen) atoms. The van der Waals surface area contributed by atoms with E-state index in [0.29, 0.717) is 6.42 Å². The van der Waals surface area contributed by atoms with Crippen LogP contribution in [-0.2, 0) is 14.6 Å². The molecule has 2 atom stereocenters. The minimum atomic E-state index is -3.11. The van der Waals surface area contributed by atoms with Gasteiger partial charge in [-0.15, -0.1) is 0 Å². The number of amides is 2. The highest BCUT2D eigenvalue weighted by Gasteiger charge is 2.33. The lowest BCUT2D eigenvalue weighted by Gasteiger charge is -2.25. The number of hydrogen-bond donors (Lipinski definition) is 3. The Morgan fingerprint density at radius 2 is 2.11 bits per heavy atom. The first-order chi connectivity index (χ1) is 8.76. The van der Waals surface area contributed by atoms with E-state index in [1.807, 2.05) is 0 Å². The number of carboxylic acid groups (broad SMARTS) is 1. The molecule has 1 aliphatic heterocycles. The molecule has 0 spiro atoms. The number of carbonyl (C=O) groups is 2. The Morgan fingerprint density at radius 1 is 1.47 bits per heavy atom. The van der Waals surface area contributed by atoms with Crippen LogP contribution >= 0.6 is 0 Å². The van der Waals surface area contributed by atoms with Gasteiger partial charge < -0.3 is 20.4 Å². The Hall–Kier alpha value is -1.35. The molecule has 2 amide bonds. The zero-order valence-corrected chi connectivity index (χ0v) is 11.4. The first-order valence-electron chi connectivity index (χ1n) is 5.84. The van der Waals surface area contributed by atoms with E-state index in [-0.39, 0.29) is 24.5 Å². The molecule has 9 heteroatoms. The summed E-state index contributed by atoms with van der Waals surface area (Å²) in [7, 11) is -1.68. The van der Waals surface area contributed by atoms with Crippen molar-refractivity contribution in [1.29, 1.82) is 0 Å². The number of carbonyl (C=O) groups excluding carboxylic acids is 1. The molecular formula is C10H18N2O6S. The number of carboxylic acids is 1. The summed E-state index contributed by atoms with van der Waals surface area (Å²) >= 11 is 0. The highest BCUT2D eigenvalue weighted by molar-refractivity contribution is 7.91. The van der Waals surface area contributed by atoms with Crippen molar-refractivity contribution in [2.75, 3.05) is 25.2 Å². The van der Waals surface area contributed by atoms with E-state index in [9.17, 15) is 18.0 Å². The molecule has 0 radical (unpaired) electrons. The van der Waals surface area contributed by atoms with E-state index >= 15 is 0 Å². The smallest absolute Gasteiger partial charge is 0.326 e. The van der Waals surface area contributed by atoms with Crippen LogP contribution in [-0.4, -0.2) is 72.8 Å². The molecule has 1 aliphatic rings. The monoisotopic (exact) mass is 294 g/mol. The van der Waals surface area contributed by atoms with E-state index < -0.39 is 33.9 Å². The predicted octanol–water partition coefficient (Wildman–Crippen LogP) is -1.35. The van der Waals surface area contributed by atoms with Crippen LogP contribution in [0.3, 0.4) is 0 Å². The first kappa shape index (κ1) is 15.7. The second kappa shape index (κ2) is 6.20. The van der Waals surface area contributed by atoms with Gasteiger partial charge in [0, 0.05) is 26.1 Å². The minimum Gasteiger partial charge on any atom is -0.480 e. The Kier molecular flexibility index (Phi) is 5.12. The van der Waals surface area contributed by atoms with Crippen molar-refractivity contribution in [2.24, 2.45) is 0 Å². The second-order valence-electron chi connectivity index (χ2n) is 4.52. The van der Waals surface area contributed by atoms with Gasteiger partial charge in [-0.25, -0.2) is 18.0 Å². The van der Waals surface area contributed by atoms with Gasteiger partial charge >= 0.3 is 12.0 Å². The lowest BCUT2D eigenvalue weighted by Crippen LogP contribution is -2.50. The van der Waals surface area contributed by atoms with Crippen LogP contribution in [0.15, 0.2) is 0 Å². The number of rotatable bonds is 5. The van der Waals surface area contributed by atoms with Gasteiger partial charge in [0.2, 0.25) is 0 Å². The topological polar surface area (TPSA) is 124 Å². The van der Waals surface area contributed by atoms with Crippen molar-refractivity contribution < 1.29 is 28.2 Å². The average molecular weight is 294 g/mol. The maximum atomic E-state index is 11.8. The molecule has 0 bridgehead atoms. The summed E-state index contributed by atoms with van der Waals surface area (Å²) in [5, 5.41) is 19.8. The zero-order chi connectivity index (χ0) is 14.6. The fourth-order valence-electron chi connectivity index (χ4n) is 1.88. The van der Waals surface area contributed by atoms with Crippen LogP contribution in [0.5, 0.6) is 0 Å². The average Bonchev–Trinajstić information content (AvgIpc) is 2.67. The molecule has 1 rings (SSSR count). The maximum absolute atomic E-state index is 11.8. The quantitative estimate of drug-likeness (QED) is 0.576. The van der Waals surface area contributed by atoms with Gasteiger partial charge in [-0.2, -0.15) is 0 Å². The third kappa shape index (κ3) is 4.35. The van der Waals surface area contributed by atoms with E-state index in [0.717, 1.165) is 0 Å². The molecule has 0 aliphatic carbocycles. The van der Waals surface area contributed by atoms with Crippen LogP contribution in [0.1, 0.15) is 12.8 Å². The molecule has 1 unspecified atom stereocenters. The van der Waals surface area contributed by atoms with Crippen molar-refractivity contribution in [2.45, 2.75) is 24.9 Å². The summed E-state index contributed by atoms with van der Waals surface area (Å²) < 4.78 is 22.6. The Morgan fingerprint density at radius 3 is 2.53 bits per heavy atom. The third-order valence-electron chi connectivity index (χ3n) is 3.09. The first-order valence-corrected chi connectivity index (χ1v) is 7.66. The number of urea groups is 1. The number of sulfone groups is 1. The van der Waals surface area contributed by atoms with Gasteiger partial charge in [-0.1, -0.05) is 0 Å². The van der Waals surface area contributed by atoms with Gasteiger partial charge in [0.15, 0.2) is 9.84 Å². The molecule has 3 N–H and O–H groups in total. The SMILES string of the molecule is CN(C(=O)N[C@H](CCO)C(=O)O)C1CCS(=O)(=O)C1. The highest BCUT2D eigenvalue weighted by atomic mass is 32.2. The highest BCUT2D eigenvalue weighted by Crippen LogP contribution is 2.16. The van der Waals surface area contributed by atoms with E-state index in [4.69, 9.17) is 10.2 Å². The number of nitrogens with zero attached hydrogens (tertiary/aromatic N) is 1. The summed E-state index contributed by atoms with van der Waals surface area (Å²) in [6.45, 7) is -0.362. The molecule has 8 nitrogen and oxygen atoms in total. The number of aliphatic hydroxyl groups excluding tert-OH is 1. The Labute approximate surface area is 111 Å². The number of nitrogens with one attached hydrogen (secondary N) is 1. The molecule has 1 saturated heterocycles. The van der Waals surface area contributed by atoms with Gasteiger partial charge in [-0.05, 0) is 6.42 Å². The molecular weight excluding hydrogens is 276 g/mol. The molecule has 1 fully saturated rings. The fraction of sp³-hybridized carbons (Fsp3) is 0.800. The summed E-state index contributed by atoms with van der Waals surface area (Å²) in [4.78, 5) is 23.8. The molecule has 110 valence electrons. The normalized spacial score (nSPS) is 22.7. The van der Waals surface area contributed by atoms with Gasteiger partial charge in [0.25, 0.3) is 0 Å². The van der Waals surface area contributed by atoms with E-state index in [1.165, 1.54) is 11.9 Å². The van der Waals surface area contributed by atoms with Crippen LogP contribution in [0.25, 0.3) is 0 Å². The van der Waals surface area contributed by atoms with Gasteiger partial charge in [-0.3, -0.25) is 0 Å². The van der Waals surface area contributed by atoms with Crippen molar-refractivity contribution in [3.05, 3.63) is 0 Å². The van der Waals surface area contributed by atoms with Crippen molar-refractivity contribution in [1.82, 2.24) is 10.2 Å². The summed E-state index contributed by atoms with van der Waals surface area (Å²) in [6.07, 6.45) is 0.252. The van der Waals surface area contributed by atoms with Crippen molar-refractivity contribution >= 4 is 21.8 Å². The number of aliphatic hydroxyl groups is 1. The molecule has 0 aromatic heterocycles. The molecule has 0 saturated carbocycles. The third-order valence-corrected chi connectivity index (χ3v) is 4.84. The Bertz CT molecular complexity index is 449. The van der Waals surface area contributed by atoms with Gasteiger partial charge in [0.1, 0.15) is 6.04 Å². The number of aliphatic carboxylic acids is 1. The standard InChI is InChI=1S/C10H18N2O6S/c1-12(7-3-5-19(17,18)6-7)10(16)11-8(2-4-13)9(14)15/h7-8,13H,2-6H2,1H3,(H,11,16)(H,14,15)/t7?,8-/m1/s1. The predicted molar refractivity (Wildman–Crippen MR) is 66.5 cm³/mol. The summed E-state index contributed by atoms with van der Waals surface area (Å²) in [5.74, 6) is -1.31. The molecule has 0 aromatic rings. The second-order valence-corrected chi connectivity index (χ2v) is 6.75. The van der Waals surface area contributed by atoms with Gasteiger partial charge in [0.05, 0.1) is 11.5 Å². The fourth-order valence-corrected chi connectivity index (χ4v) is 3.66. The summed E-state index contributed by atoms with van der Waals surface area (Å²) in [5.41, 5.74) is 0.